The number of benzene rings is 2. The largest absolute Gasteiger partial charge is 0.388 e. The van der Waals surface area contributed by atoms with Gasteiger partial charge in [0.25, 0.3) is 0 Å². The topological polar surface area (TPSA) is 20.2 Å². The van der Waals surface area contributed by atoms with Crippen LogP contribution in [-0.2, 0) is 5.41 Å². The van der Waals surface area contributed by atoms with Crippen LogP contribution in [0.1, 0.15) is 43.1 Å². The third-order valence-corrected chi connectivity index (χ3v) is 4.02. The summed E-state index contributed by atoms with van der Waals surface area (Å²) in [7, 11) is 0. The number of aliphatic hydroxyl groups is 1. The van der Waals surface area contributed by atoms with Gasteiger partial charge in [0.05, 0.1) is 6.10 Å². The van der Waals surface area contributed by atoms with E-state index in [1.54, 1.807) is 0 Å². The van der Waals surface area contributed by atoms with Crippen molar-refractivity contribution in [1.29, 1.82) is 0 Å². The molecule has 2 aromatic rings. The summed E-state index contributed by atoms with van der Waals surface area (Å²) >= 11 is 0. The normalized spacial score (nSPS) is 21.8. The second-order valence-corrected chi connectivity index (χ2v) is 5.81. The molecule has 0 fully saturated rings. The Morgan fingerprint density at radius 1 is 1.18 bits per heavy atom. The summed E-state index contributed by atoms with van der Waals surface area (Å²) in [5.41, 5.74) is 3.80. The van der Waals surface area contributed by atoms with Gasteiger partial charge >= 0.3 is 0 Å². The molecule has 17 heavy (non-hydrogen) atoms. The molecule has 1 N–H and O–H groups in total. The third kappa shape index (κ3) is 1.42. The van der Waals surface area contributed by atoms with Crippen molar-refractivity contribution in [2.75, 3.05) is 0 Å². The summed E-state index contributed by atoms with van der Waals surface area (Å²) < 4.78 is 0. The number of hydrogen-bond acceptors (Lipinski definition) is 1. The van der Waals surface area contributed by atoms with Crippen LogP contribution in [0.3, 0.4) is 0 Å². The van der Waals surface area contributed by atoms with Gasteiger partial charge in [-0.05, 0) is 46.2 Å². The highest BCUT2D eigenvalue weighted by molar-refractivity contribution is 5.91. The van der Waals surface area contributed by atoms with Crippen molar-refractivity contribution in [3.63, 3.8) is 0 Å². The lowest BCUT2D eigenvalue weighted by atomic mass is 9.83. The number of aryl methyl sites for hydroxylation is 1. The monoisotopic (exact) mass is 226 g/mol. The fourth-order valence-electron chi connectivity index (χ4n) is 3.30. The van der Waals surface area contributed by atoms with Crippen LogP contribution in [0.5, 0.6) is 0 Å². The molecule has 2 aromatic carbocycles. The van der Waals surface area contributed by atoms with Gasteiger partial charge in [-0.1, -0.05) is 44.2 Å². The van der Waals surface area contributed by atoms with Crippen molar-refractivity contribution in [3.8, 4) is 0 Å². The van der Waals surface area contributed by atoms with Crippen molar-refractivity contribution >= 4 is 10.8 Å². The van der Waals surface area contributed by atoms with Crippen molar-refractivity contribution in [2.45, 2.75) is 38.7 Å². The van der Waals surface area contributed by atoms with E-state index in [2.05, 4.69) is 51.1 Å². The highest BCUT2D eigenvalue weighted by atomic mass is 16.3. The quantitative estimate of drug-likeness (QED) is 0.723. The SMILES string of the molecule is Cc1cc2c(c3ccccc13)C(C)(C)C[C@H]2O. The minimum absolute atomic E-state index is 0.0715. The molecule has 0 aliphatic heterocycles. The van der Waals surface area contributed by atoms with E-state index < -0.39 is 0 Å². The Balaban J connectivity index is 2.47. The van der Waals surface area contributed by atoms with Gasteiger partial charge in [0.15, 0.2) is 0 Å². The van der Waals surface area contributed by atoms with Crippen LogP contribution in [0, 0.1) is 6.92 Å². The molecule has 0 bridgehead atoms. The Morgan fingerprint density at radius 3 is 2.53 bits per heavy atom. The second-order valence-electron chi connectivity index (χ2n) is 5.81. The molecule has 0 spiro atoms. The lowest BCUT2D eigenvalue weighted by Gasteiger charge is -2.21. The molecule has 1 heteroatoms. The van der Waals surface area contributed by atoms with E-state index >= 15 is 0 Å². The van der Waals surface area contributed by atoms with Crippen molar-refractivity contribution in [1.82, 2.24) is 0 Å². The standard InChI is InChI=1S/C16H18O/c1-10-8-13-14(17)9-16(2,3)15(13)12-7-5-4-6-11(10)12/h4-8,14,17H,9H2,1-3H3/t14-/m1/s1. The average molecular weight is 226 g/mol. The van der Waals surface area contributed by atoms with E-state index in [-0.39, 0.29) is 11.5 Å². The Hall–Kier alpha value is -1.34. The lowest BCUT2D eigenvalue weighted by molar-refractivity contribution is 0.161. The molecule has 88 valence electrons. The molecule has 1 aliphatic rings. The van der Waals surface area contributed by atoms with Crippen LogP contribution in [0.15, 0.2) is 30.3 Å². The smallest absolute Gasteiger partial charge is 0.0801 e. The van der Waals surface area contributed by atoms with E-state index in [4.69, 9.17) is 0 Å². The van der Waals surface area contributed by atoms with Gasteiger partial charge in [-0.2, -0.15) is 0 Å². The fourth-order valence-corrected chi connectivity index (χ4v) is 3.30. The minimum Gasteiger partial charge on any atom is -0.388 e. The first kappa shape index (κ1) is 10.8. The molecule has 1 nitrogen and oxygen atoms in total. The molecule has 0 radical (unpaired) electrons. The van der Waals surface area contributed by atoms with Crippen LogP contribution >= 0.6 is 0 Å². The number of fused-ring (bicyclic) bond motifs is 3. The van der Waals surface area contributed by atoms with Gasteiger partial charge in [-0.25, -0.2) is 0 Å². The van der Waals surface area contributed by atoms with Crippen molar-refractivity contribution in [3.05, 3.63) is 47.0 Å². The first-order chi connectivity index (χ1) is 8.00. The fraction of sp³-hybridized carbons (Fsp3) is 0.375. The highest BCUT2D eigenvalue weighted by Crippen LogP contribution is 2.48. The predicted molar refractivity (Wildman–Crippen MR) is 71.3 cm³/mol. The molecule has 0 amide bonds. The van der Waals surface area contributed by atoms with E-state index in [1.807, 2.05) is 0 Å². The maximum Gasteiger partial charge on any atom is 0.0801 e. The minimum atomic E-state index is -0.302. The molecule has 0 unspecified atom stereocenters. The summed E-state index contributed by atoms with van der Waals surface area (Å²) in [4.78, 5) is 0. The van der Waals surface area contributed by atoms with E-state index in [0.29, 0.717) is 0 Å². The summed E-state index contributed by atoms with van der Waals surface area (Å²) in [6.45, 7) is 6.58. The third-order valence-electron chi connectivity index (χ3n) is 4.02. The van der Waals surface area contributed by atoms with Crippen LogP contribution in [0.4, 0.5) is 0 Å². The Labute approximate surface area is 102 Å². The van der Waals surface area contributed by atoms with E-state index in [9.17, 15) is 5.11 Å². The van der Waals surface area contributed by atoms with Gasteiger partial charge in [0.2, 0.25) is 0 Å². The average Bonchev–Trinajstić information content (AvgIpc) is 2.49. The van der Waals surface area contributed by atoms with Crippen LogP contribution in [-0.4, -0.2) is 5.11 Å². The first-order valence-electron chi connectivity index (χ1n) is 6.21. The maximum atomic E-state index is 10.2. The second kappa shape index (κ2) is 3.33. The molecule has 1 atom stereocenters. The van der Waals surface area contributed by atoms with Gasteiger partial charge in [-0.15, -0.1) is 0 Å². The molecule has 0 aromatic heterocycles. The predicted octanol–water partition coefficient (Wildman–Crippen LogP) is 3.86. The zero-order valence-electron chi connectivity index (χ0n) is 10.6. The lowest BCUT2D eigenvalue weighted by Crippen LogP contribution is -2.13. The maximum absolute atomic E-state index is 10.2. The molecular formula is C16H18O. The van der Waals surface area contributed by atoms with Crippen LogP contribution in [0.25, 0.3) is 10.8 Å². The number of rotatable bonds is 0. The molecule has 3 rings (SSSR count). The van der Waals surface area contributed by atoms with Gasteiger partial charge in [-0.3, -0.25) is 0 Å². The van der Waals surface area contributed by atoms with E-state index in [0.717, 1.165) is 12.0 Å². The summed E-state index contributed by atoms with van der Waals surface area (Å²) in [6, 6.07) is 10.7. The Bertz CT molecular complexity index is 596. The zero-order chi connectivity index (χ0) is 12.2. The van der Waals surface area contributed by atoms with Crippen molar-refractivity contribution < 1.29 is 5.11 Å². The van der Waals surface area contributed by atoms with E-state index in [1.165, 1.54) is 21.9 Å². The zero-order valence-corrected chi connectivity index (χ0v) is 10.6. The molecule has 0 saturated heterocycles. The van der Waals surface area contributed by atoms with Gasteiger partial charge in [0.1, 0.15) is 0 Å². The number of aliphatic hydroxyl groups excluding tert-OH is 1. The Morgan fingerprint density at radius 2 is 1.82 bits per heavy atom. The van der Waals surface area contributed by atoms with Crippen molar-refractivity contribution in [2.24, 2.45) is 0 Å². The van der Waals surface area contributed by atoms with Crippen LogP contribution < -0.4 is 0 Å². The van der Waals surface area contributed by atoms with Crippen LogP contribution in [0.2, 0.25) is 0 Å². The highest BCUT2D eigenvalue weighted by Gasteiger charge is 2.37. The molecule has 0 saturated carbocycles. The summed E-state index contributed by atoms with van der Waals surface area (Å²) in [5, 5.41) is 12.8. The molecule has 1 aliphatic carbocycles. The van der Waals surface area contributed by atoms with Gasteiger partial charge < -0.3 is 5.11 Å². The Kier molecular flexibility index (Phi) is 2.11. The van der Waals surface area contributed by atoms with Gasteiger partial charge in [0, 0.05) is 0 Å². The summed E-state index contributed by atoms with van der Waals surface area (Å²) in [5.74, 6) is 0. The molecule has 0 heterocycles. The summed E-state index contributed by atoms with van der Waals surface area (Å²) in [6.07, 6.45) is 0.527. The molecular weight excluding hydrogens is 208 g/mol. The number of hydrogen-bond donors (Lipinski definition) is 1. The first-order valence-corrected chi connectivity index (χ1v) is 6.21.